The normalized spacial score (nSPS) is 19.4. The molecule has 0 aromatic carbocycles. The van der Waals surface area contributed by atoms with E-state index >= 15 is 0 Å². The van der Waals surface area contributed by atoms with E-state index in [9.17, 15) is 14.9 Å². The van der Waals surface area contributed by atoms with Gasteiger partial charge in [0.1, 0.15) is 17.6 Å². The van der Waals surface area contributed by atoms with Gasteiger partial charge >= 0.3 is 5.97 Å². The first-order valence-corrected chi connectivity index (χ1v) is 6.23. The molecule has 0 amide bonds. The van der Waals surface area contributed by atoms with E-state index in [1.54, 1.807) is 0 Å². The molecule has 2 N–H and O–H groups in total. The van der Waals surface area contributed by atoms with Crippen molar-refractivity contribution < 1.29 is 14.8 Å². The highest BCUT2D eigenvalue weighted by atomic mass is 16.6. The monoisotopic (exact) mass is 279 g/mol. The van der Waals surface area contributed by atoms with Gasteiger partial charge in [0.25, 0.3) is 5.69 Å². The Kier molecular flexibility index (Phi) is 2.96. The largest absolute Gasteiger partial charge is 0.478 e. The molecule has 0 spiro atoms. The molecule has 0 bridgehead atoms. The van der Waals surface area contributed by atoms with Gasteiger partial charge in [0.05, 0.1) is 4.92 Å². The zero-order valence-electron chi connectivity index (χ0n) is 11.8. The van der Waals surface area contributed by atoms with Crippen LogP contribution in [-0.2, 0) is 0 Å². The smallest absolute Gasteiger partial charge is 0.339 e. The second kappa shape index (κ2) is 4.16. The Morgan fingerprint density at radius 3 is 2.35 bits per heavy atom. The Morgan fingerprint density at radius 2 is 1.95 bits per heavy atom. The summed E-state index contributed by atoms with van der Waals surface area (Å²) in [6, 6.07) is 1.10. The van der Waals surface area contributed by atoms with E-state index in [-0.39, 0.29) is 33.9 Å². The number of carbonyl (C=O) groups is 1. The van der Waals surface area contributed by atoms with Crippen molar-refractivity contribution >= 4 is 17.5 Å². The van der Waals surface area contributed by atoms with E-state index in [1.807, 2.05) is 0 Å². The van der Waals surface area contributed by atoms with Crippen molar-refractivity contribution in [1.82, 2.24) is 4.98 Å². The van der Waals surface area contributed by atoms with Crippen LogP contribution >= 0.6 is 0 Å². The van der Waals surface area contributed by atoms with Gasteiger partial charge in [-0.05, 0) is 10.8 Å². The second-order valence-electron chi connectivity index (χ2n) is 6.17. The lowest BCUT2D eigenvalue weighted by molar-refractivity contribution is -0.385. The number of aromatic carboxylic acids is 1. The van der Waals surface area contributed by atoms with Crippen LogP contribution in [0.1, 0.15) is 38.1 Å². The highest BCUT2D eigenvalue weighted by Gasteiger charge is 2.65. The lowest BCUT2D eigenvalue weighted by atomic mass is 10.0. The number of nitrogens with zero attached hydrogens (tertiary/aromatic N) is 2. The number of hydrogen-bond donors (Lipinski definition) is 2. The molecule has 1 aliphatic carbocycles. The summed E-state index contributed by atoms with van der Waals surface area (Å²) in [6.07, 6.45) is 1.07. The number of nitro groups is 1. The van der Waals surface area contributed by atoms with Gasteiger partial charge in [0.15, 0.2) is 0 Å². The average molecular weight is 279 g/mol. The lowest BCUT2D eigenvalue weighted by Crippen LogP contribution is -2.15. The van der Waals surface area contributed by atoms with Crippen molar-refractivity contribution in [1.29, 1.82) is 0 Å². The summed E-state index contributed by atoms with van der Waals surface area (Å²) in [6.45, 7) is 8.32. The summed E-state index contributed by atoms with van der Waals surface area (Å²) in [4.78, 5) is 25.1. The molecule has 1 heterocycles. The van der Waals surface area contributed by atoms with Gasteiger partial charge in [-0.1, -0.05) is 27.7 Å². The third kappa shape index (κ3) is 1.99. The van der Waals surface area contributed by atoms with Crippen LogP contribution in [0.4, 0.5) is 11.5 Å². The first-order valence-electron chi connectivity index (χ1n) is 6.23. The highest BCUT2D eigenvalue weighted by Crippen LogP contribution is 2.63. The summed E-state index contributed by atoms with van der Waals surface area (Å²) in [5.41, 5.74) is -0.502. The molecular formula is C13H17N3O4. The molecule has 0 unspecified atom stereocenters. The van der Waals surface area contributed by atoms with Gasteiger partial charge in [-0.15, -0.1) is 0 Å². The molecule has 7 heteroatoms. The van der Waals surface area contributed by atoms with Crippen molar-refractivity contribution in [2.75, 3.05) is 5.32 Å². The Bertz CT molecular complexity index is 581. The fourth-order valence-corrected chi connectivity index (χ4v) is 2.53. The van der Waals surface area contributed by atoms with Crippen LogP contribution in [0.15, 0.2) is 12.3 Å². The van der Waals surface area contributed by atoms with Crippen LogP contribution in [0.2, 0.25) is 0 Å². The first kappa shape index (κ1) is 14.2. The predicted molar refractivity (Wildman–Crippen MR) is 72.8 cm³/mol. The van der Waals surface area contributed by atoms with Gasteiger partial charge in [-0.3, -0.25) is 10.1 Å². The summed E-state index contributed by atoms with van der Waals surface area (Å²) >= 11 is 0. The van der Waals surface area contributed by atoms with Crippen molar-refractivity contribution in [2.45, 2.75) is 33.7 Å². The maximum absolute atomic E-state index is 11.2. The van der Waals surface area contributed by atoms with E-state index in [0.29, 0.717) is 0 Å². The molecule has 0 saturated heterocycles. The standard InChI is InChI=1S/C13H17N3O4/c1-12(2)11(13(12,3)4)15-9-8(10(17)18)5-7(6-14-9)16(19)20/h5-6,11H,1-4H3,(H,14,15)(H,17,18). The number of nitrogens with one attached hydrogen (secondary N) is 1. The molecule has 2 rings (SSSR count). The first-order chi connectivity index (χ1) is 9.09. The van der Waals surface area contributed by atoms with Crippen molar-refractivity contribution in [3.63, 3.8) is 0 Å². The van der Waals surface area contributed by atoms with Crippen LogP contribution < -0.4 is 5.32 Å². The average Bonchev–Trinajstić information content (AvgIpc) is 2.71. The minimum atomic E-state index is -1.24. The molecule has 1 fully saturated rings. The van der Waals surface area contributed by atoms with E-state index in [2.05, 4.69) is 38.0 Å². The molecule has 0 atom stereocenters. The fourth-order valence-electron chi connectivity index (χ4n) is 2.53. The van der Waals surface area contributed by atoms with Gasteiger partial charge < -0.3 is 10.4 Å². The Morgan fingerprint density at radius 1 is 1.40 bits per heavy atom. The molecule has 108 valence electrons. The van der Waals surface area contributed by atoms with Gasteiger partial charge in [-0.2, -0.15) is 0 Å². The van der Waals surface area contributed by atoms with E-state index < -0.39 is 10.9 Å². The Balaban J connectivity index is 2.34. The lowest BCUT2D eigenvalue weighted by Gasteiger charge is -2.09. The quantitative estimate of drug-likeness (QED) is 0.648. The Labute approximate surface area is 116 Å². The maximum atomic E-state index is 11.2. The topological polar surface area (TPSA) is 105 Å². The maximum Gasteiger partial charge on any atom is 0.339 e. The molecule has 20 heavy (non-hydrogen) atoms. The molecule has 7 nitrogen and oxygen atoms in total. The van der Waals surface area contributed by atoms with Crippen LogP contribution in [-0.4, -0.2) is 27.0 Å². The van der Waals surface area contributed by atoms with Gasteiger partial charge in [-0.25, -0.2) is 9.78 Å². The fraction of sp³-hybridized carbons (Fsp3) is 0.538. The minimum Gasteiger partial charge on any atom is -0.478 e. The molecule has 0 aliphatic heterocycles. The zero-order chi connectivity index (χ0) is 15.3. The van der Waals surface area contributed by atoms with Crippen molar-refractivity contribution in [2.24, 2.45) is 10.8 Å². The summed E-state index contributed by atoms with van der Waals surface area (Å²) < 4.78 is 0. The predicted octanol–water partition coefficient (Wildman–Crippen LogP) is 2.53. The third-order valence-electron chi connectivity index (χ3n) is 4.62. The number of rotatable bonds is 4. The molecule has 1 aliphatic rings. The molecule has 1 aromatic heterocycles. The summed E-state index contributed by atoms with van der Waals surface area (Å²) in [7, 11) is 0. The summed E-state index contributed by atoms with van der Waals surface area (Å²) in [5.74, 6) is -1.06. The summed E-state index contributed by atoms with van der Waals surface area (Å²) in [5, 5.41) is 22.9. The van der Waals surface area contributed by atoms with E-state index in [4.69, 9.17) is 5.11 Å². The SMILES string of the molecule is CC1(C)C(Nc2ncc([N+](=O)[O-])cc2C(=O)O)C1(C)C. The van der Waals surface area contributed by atoms with Crippen LogP contribution in [0.5, 0.6) is 0 Å². The van der Waals surface area contributed by atoms with Gasteiger partial charge in [0.2, 0.25) is 0 Å². The van der Waals surface area contributed by atoms with Crippen molar-refractivity contribution in [3.05, 3.63) is 27.9 Å². The van der Waals surface area contributed by atoms with Crippen LogP contribution in [0.25, 0.3) is 0 Å². The minimum absolute atomic E-state index is 0.00618. The van der Waals surface area contributed by atoms with E-state index in [1.165, 1.54) is 0 Å². The van der Waals surface area contributed by atoms with Gasteiger partial charge in [0, 0.05) is 12.1 Å². The van der Waals surface area contributed by atoms with Crippen molar-refractivity contribution in [3.8, 4) is 0 Å². The number of aromatic nitrogens is 1. The molecular weight excluding hydrogens is 262 g/mol. The number of carboxylic acids is 1. The molecule has 1 saturated carbocycles. The second-order valence-corrected chi connectivity index (χ2v) is 6.17. The number of carboxylic acid groups (broad SMARTS) is 1. The number of hydrogen-bond acceptors (Lipinski definition) is 5. The third-order valence-corrected chi connectivity index (χ3v) is 4.62. The van der Waals surface area contributed by atoms with Crippen LogP contribution in [0, 0.1) is 20.9 Å². The number of anilines is 1. The molecule has 1 aromatic rings. The van der Waals surface area contributed by atoms with Crippen LogP contribution in [0.3, 0.4) is 0 Å². The highest BCUT2D eigenvalue weighted by molar-refractivity contribution is 5.94. The Hall–Kier alpha value is -2.18. The molecule has 0 radical (unpaired) electrons. The van der Waals surface area contributed by atoms with E-state index in [0.717, 1.165) is 12.3 Å². The number of pyridine rings is 1. The zero-order valence-corrected chi connectivity index (χ0v) is 11.8.